The maximum atomic E-state index is 13.2. The van der Waals surface area contributed by atoms with E-state index < -0.39 is 42.3 Å². The number of rotatable bonds is 9. The molecule has 2 fully saturated rings. The summed E-state index contributed by atoms with van der Waals surface area (Å²) in [5, 5.41) is 16.9. The topological polar surface area (TPSA) is 138 Å². The van der Waals surface area contributed by atoms with Crippen molar-refractivity contribution in [2.75, 3.05) is 43.9 Å². The molecule has 1 saturated carbocycles. The van der Waals surface area contributed by atoms with Gasteiger partial charge in [0.15, 0.2) is 23.1 Å². The van der Waals surface area contributed by atoms with Crippen LogP contribution in [0.2, 0.25) is 0 Å². The zero-order valence-electron chi connectivity index (χ0n) is 24.9. The number of nitrogens with one attached hydrogen (secondary N) is 2. The van der Waals surface area contributed by atoms with Gasteiger partial charge >= 0.3 is 12.1 Å². The molecule has 1 amide bonds. The van der Waals surface area contributed by atoms with E-state index in [2.05, 4.69) is 41.3 Å². The lowest BCUT2D eigenvalue weighted by Crippen LogP contribution is -2.45. The predicted molar refractivity (Wildman–Crippen MR) is 150 cm³/mol. The molecule has 0 spiro atoms. The summed E-state index contributed by atoms with van der Waals surface area (Å²) in [4.78, 5) is 42.3. The minimum atomic E-state index is -5.26. The van der Waals surface area contributed by atoms with Gasteiger partial charge in [-0.05, 0) is 38.8 Å². The van der Waals surface area contributed by atoms with Crippen LogP contribution in [0.1, 0.15) is 59.4 Å². The van der Waals surface area contributed by atoms with Crippen molar-refractivity contribution in [3.63, 3.8) is 0 Å². The van der Waals surface area contributed by atoms with Crippen LogP contribution in [-0.2, 0) is 14.3 Å². The number of nitrogens with zero attached hydrogens (tertiary/aromatic N) is 6. The fraction of sp³-hybridized carbons (Fsp3) is 0.741. The minimum absolute atomic E-state index is 0.00723. The standard InChI is InChI=1S/C27H41F3N8O4/c1-7-18(39)33-16-12-17(21(20(16)40)42-24(41)27(28,29)30)38-14-32-19-22(31-10-9-26(2,3)4)34-25(35-23(19)38)37-11-8-15(13-37)36(5)6/h14-17,20-21,40H,7-13H2,1-6H3,(H,33,39)(H,31,34,35)/t15-,16+,17-,20-,21+/m1/s1. The van der Waals surface area contributed by atoms with Crippen LogP contribution in [0.5, 0.6) is 0 Å². The van der Waals surface area contributed by atoms with Gasteiger partial charge in [-0.3, -0.25) is 4.79 Å². The Kier molecular flexibility index (Phi) is 9.21. The number of carbonyl (C=O) groups excluding carboxylic acids is 2. The van der Waals surface area contributed by atoms with Crippen LogP contribution >= 0.6 is 0 Å². The lowest BCUT2D eigenvalue weighted by Gasteiger charge is -2.25. The molecular formula is C27H41F3N8O4. The monoisotopic (exact) mass is 598 g/mol. The van der Waals surface area contributed by atoms with E-state index in [-0.39, 0.29) is 18.3 Å². The first-order valence-electron chi connectivity index (χ1n) is 14.2. The number of fused-ring (bicyclic) bond motifs is 1. The third-order valence-electron chi connectivity index (χ3n) is 7.88. The zero-order chi connectivity index (χ0) is 31.0. The highest BCUT2D eigenvalue weighted by atomic mass is 19.4. The van der Waals surface area contributed by atoms with Gasteiger partial charge in [-0.15, -0.1) is 0 Å². The van der Waals surface area contributed by atoms with Gasteiger partial charge in [0.2, 0.25) is 11.9 Å². The van der Waals surface area contributed by atoms with E-state index in [1.807, 2.05) is 19.0 Å². The first kappa shape index (κ1) is 31.7. The number of aliphatic hydroxyl groups excluding tert-OH is 1. The Labute approximate surface area is 243 Å². The molecule has 15 heteroatoms. The summed E-state index contributed by atoms with van der Waals surface area (Å²) in [6.07, 6.45) is -5.21. The molecule has 5 atom stereocenters. The fourth-order valence-corrected chi connectivity index (χ4v) is 5.37. The normalized spacial score (nSPS) is 24.9. The van der Waals surface area contributed by atoms with E-state index in [4.69, 9.17) is 14.7 Å². The highest BCUT2D eigenvalue weighted by Gasteiger charge is 2.51. The Balaban J connectivity index is 1.75. The molecule has 2 aromatic rings. The van der Waals surface area contributed by atoms with Gasteiger partial charge in [-0.25, -0.2) is 9.78 Å². The molecule has 0 aromatic carbocycles. The number of aliphatic hydroxyl groups is 1. The lowest BCUT2D eigenvalue weighted by atomic mass is 9.92. The van der Waals surface area contributed by atoms with Gasteiger partial charge in [-0.2, -0.15) is 23.1 Å². The highest BCUT2D eigenvalue weighted by Crippen LogP contribution is 2.38. The molecule has 2 aliphatic rings. The number of halogens is 3. The lowest BCUT2D eigenvalue weighted by molar-refractivity contribution is -0.209. The van der Waals surface area contributed by atoms with Gasteiger partial charge in [0, 0.05) is 32.1 Å². The Morgan fingerprint density at radius 1 is 1.21 bits per heavy atom. The summed E-state index contributed by atoms with van der Waals surface area (Å²) in [6.45, 7) is 9.98. The van der Waals surface area contributed by atoms with Crippen molar-refractivity contribution in [2.45, 2.75) is 89.9 Å². The molecule has 3 N–H and O–H groups in total. The molecule has 0 radical (unpaired) electrons. The maximum Gasteiger partial charge on any atom is 0.490 e. The second-order valence-corrected chi connectivity index (χ2v) is 12.5. The van der Waals surface area contributed by atoms with E-state index in [1.54, 1.807) is 6.92 Å². The van der Waals surface area contributed by atoms with Crippen LogP contribution in [0.25, 0.3) is 11.2 Å². The maximum absolute atomic E-state index is 13.2. The number of ether oxygens (including phenoxy) is 1. The molecular weight excluding hydrogens is 557 g/mol. The van der Waals surface area contributed by atoms with Gasteiger partial charge < -0.3 is 34.8 Å². The van der Waals surface area contributed by atoms with E-state index in [9.17, 15) is 27.9 Å². The summed E-state index contributed by atoms with van der Waals surface area (Å²) in [7, 11) is 4.02. The predicted octanol–water partition coefficient (Wildman–Crippen LogP) is 2.49. The molecule has 1 aliphatic carbocycles. The van der Waals surface area contributed by atoms with Crippen molar-refractivity contribution in [2.24, 2.45) is 5.41 Å². The highest BCUT2D eigenvalue weighted by molar-refractivity contribution is 5.84. The van der Waals surface area contributed by atoms with Crippen molar-refractivity contribution in [3.8, 4) is 0 Å². The number of hydrogen-bond acceptors (Lipinski definition) is 10. The van der Waals surface area contributed by atoms with Crippen LogP contribution in [0.3, 0.4) is 0 Å². The summed E-state index contributed by atoms with van der Waals surface area (Å²) in [6, 6.07) is -1.64. The summed E-state index contributed by atoms with van der Waals surface area (Å²) in [5.41, 5.74) is 0.773. The van der Waals surface area contributed by atoms with Crippen LogP contribution in [-0.4, -0.2) is 106 Å². The molecule has 1 saturated heterocycles. The summed E-state index contributed by atoms with van der Waals surface area (Å²) >= 11 is 0. The van der Waals surface area contributed by atoms with Gasteiger partial charge in [0.25, 0.3) is 0 Å². The summed E-state index contributed by atoms with van der Waals surface area (Å²) in [5.74, 6) is -1.90. The Morgan fingerprint density at radius 3 is 2.52 bits per heavy atom. The van der Waals surface area contributed by atoms with Crippen molar-refractivity contribution in [3.05, 3.63) is 6.33 Å². The molecule has 0 unspecified atom stereocenters. The number of anilines is 2. The van der Waals surface area contributed by atoms with Gasteiger partial charge in [0.1, 0.15) is 6.10 Å². The average molecular weight is 599 g/mol. The smallest absolute Gasteiger partial charge is 0.451 e. The molecule has 2 aromatic heterocycles. The number of likely N-dealkylation sites (N-methyl/N-ethyl adjacent to an activating group) is 1. The number of imidazole rings is 1. The number of amides is 1. The van der Waals surface area contributed by atoms with Gasteiger partial charge in [-0.1, -0.05) is 27.7 Å². The number of esters is 1. The van der Waals surface area contributed by atoms with E-state index in [0.717, 1.165) is 12.8 Å². The second kappa shape index (κ2) is 12.2. The van der Waals surface area contributed by atoms with Crippen molar-refractivity contribution >= 4 is 34.8 Å². The van der Waals surface area contributed by atoms with Crippen LogP contribution in [0, 0.1) is 5.41 Å². The molecule has 1 aliphatic heterocycles. The Morgan fingerprint density at radius 2 is 1.93 bits per heavy atom. The Hall–Kier alpha value is -3.20. The van der Waals surface area contributed by atoms with Crippen LogP contribution in [0.4, 0.5) is 24.9 Å². The zero-order valence-corrected chi connectivity index (χ0v) is 24.9. The molecule has 4 rings (SSSR count). The number of alkyl halides is 3. The SMILES string of the molecule is CCC(=O)N[C@H]1C[C@@H](n2cnc3c(NCCC(C)(C)C)nc(N4CC[C@@H](N(C)C)C4)nc32)[C@H](OC(=O)C(F)(F)F)[C@@H]1O. The number of hydrogen-bond donors (Lipinski definition) is 3. The third kappa shape index (κ3) is 7.05. The van der Waals surface area contributed by atoms with Crippen molar-refractivity contribution in [1.82, 2.24) is 29.7 Å². The molecule has 3 heterocycles. The fourth-order valence-electron chi connectivity index (χ4n) is 5.37. The average Bonchev–Trinajstić information content (AvgIpc) is 3.61. The van der Waals surface area contributed by atoms with Crippen molar-refractivity contribution < 1.29 is 32.6 Å². The second-order valence-electron chi connectivity index (χ2n) is 12.5. The quantitative estimate of drug-likeness (QED) is 0.369. The first-order chi connectivity index (χ1) is 19.6. The molecule has 234 valence electrons. The minimum Gasteiger partial charge on any atom is -0.451 e. The third-order valence-corrected chi connectivity index (χ3v) is 7.88. The van der Waals surface area contributed by atoms with Crippen molar-refractivity contribution in [1.29, 1.82) is 0 Å². The van der Waals surface area contributed by atoms with Gasteiger partial charge in [0.05, 0.1) is 18.4 Å². The number of carbonyl (C=O) groups is 2. The van der Waals surface area contributed by atoms with Crippen LogP contribution in [0.15, 0.2) is 6.33 Å². The largest absolute Gasteiger partial charge is 0.490 e. The Bertz CT molecular complexity index is 1280. The molecule has 42 heavy (non-hydrogen) atoms. The first-order valence-corrected chi connectivity index (χ1v) is 14.2. The van der Waals surface area contributed by atoms with E-state index in [1.165, 1.54) is 10.9 Å². The molecule has 12 nitrogen and oxygen atoms in total. The van der Waals surface area contributed by atoms with Crippen LogP contribution < -0.4 is 15.5 Å². The molecule has 0 bridgehead atoms. The van der Waals surface area contributed by atoms with E-state index >= 15 is 0 Å². The van der Waals surface area contributed by atoms with E-state index in [0.29, 0.717) is 48.6 Å². The summed E-state index contributed by atoms with van der Waals surface area (Å²) < 4.78 is 46.0. The number of aromatic nitrogens is 4.